The minimum Gasteiger partial charge on any atom is -0.458 e. The van der Waals surface area contributed by atoms with Crippen LogP contribution in [0.25, 0.3) is 10.6 Å². The summed E-state index contributed by atoms with van der Waals surface area (Å²) in [5.41, 5.74) is 1.99. The number of aromatic nitrogens is 1. The molecule has 3 rings (SSSR count). The number of halogens is 1. The van der Waals surface area contributed by atoms with E-state index in [1.54, 1.807) is 31.2 Å². The first-order valence-corrected chi connectivity index (χ1v) is 9.52. The number of esters is 1. The number of hydrogen-bond acceptors (Lipinski definition) is 5. The Morgan fingerprint density at radius 1 is 1.15 bits per heavy atom. The number of ether oxygens (including phenoxy) is 1. The molecule has 7 heteroatoms. The maximum Gasteiger partial charge on any atom is 0.328 e. The van der Waals surface area contributed by atoms with Gasteiger partial charge in [-0.2, -0.15) is 0 Å². The van der Waals surface area contributed by atoms with E-state index in [0.717, 1.165) is 10.6 Å². The molecule has 5 nitrogen and oxygen atoms in total. The minimum atomic E-state index is -0.805. The van der Waals surface area contributed by atoms with Gasteiger partial charge in [-0.3, -0.25) is 4.79 Å². The topological polar surface area (TPSA) is 68.3 Å². The lowest BCUT2D eigenvalue weighted by Crippen LogP contribution is -2.39. The second-order valence-electron chi connectivity index (χ2n) is 5.79. The van der Waals surface area contributed by atoms with Crippen molar-refractivity contribution in [1.29, 1.82) is 0 Å². The number of rotatable bonds is 6. The molecule has 3 aromatic rings. The van der Waals surface area contributed by atoms with Gasteiger partial charge in [0.1, 0.15) is 17.7 Å². The highest BCUT2D eigenvalue weighted by molar-refractivity contribution is 7.13. The largest absolute Gasteiger partial charge is 0.458 e. The lowest BCUT2D eigenvalue weighted by Gasteiger charge is -2.13. The Hall–Kier alpha value is -2.70. The van der Waals surface area contributed by atoms with Gasteiger partial charge >= 0.3 is 5.97 Å². The molecule has 0 aliphatic heterocycles. The summed E-state index contributed by atoms with van der Waals surface area (Å²) in [6.45, 7) is 1.61. The van der Waals surface area contributed by atoms with Crippen molar-refractivity contribution in [2.24, 2.45) is 0 Å². The van der Waals surface area contributed by atoms with Gasteiger partial charge in [0, 0.05) is 10.9 Å². The van der Waals surface area contributed by atoms with Crippen molar-refractivity contribution in [1.82, 2.24) is 10.3 Å². The zero-order valence-electron chi connectivity index (χ0n) is 14.5. The van der Waals surface area contributed by atoms with E-state index >= 15 is 0 Å². The first kappa shape index (κ1) is 19.1. The van der Waals surface area contributed by atoms with Crippen molar-refractivity contribution in [3.8, 4) is 10.6 Å². The van der Waals surface area contributed by atoms with Crippen LogP contribution in [0.2, 0.25) is 5.02 Å². The van der Waals surface area contributed by atoms with Crippen LogP contribution in [0.5, 0.6) is 0 Å². The fourth-order valence-corrected chi connectivity index (χ4v) is 3.37. The molecule has 0 bridgehead atoms. The van der Waals surface area contributed by atoms with Gasteiger partial charge in [0.2, 0.25) is 0 Å². The third kappa shape index (κ3) is 4.93. The van der Waals surface area contributed by atoms with E-state index in [2.05, 4.69) is 10.3 Å². The Kier molecular flexibility index (Phi) is 6.21. The average molecular weight is 401 g/mol. The molecule has 0 spiro atoms. The van der Waals surface area contributed by atoms with Crippen molar-refractivity contribution in [2.45, 2.75) is 19.6 Å². The van der Waals surface area contributed by atoms with E-state index in [1.807, 2.05) is 35.7 Å². The maximum absolute atomic E-state index is 12.2. The molecule has 1 N–H and O–H groups in total. The van der Waals surface area contributed by atoms with E-state index < -0.39 is 17.9 Å². The van der Waals surface area contributed by atoms with Gasteiger partial charge in [-0.15, -0.1) is 11.3 Å². The molecule has 0 unspecified atom stereocenters. The number of hydrogen-bond donors (Lipinski definition) is 1. The Morgan fingerprint density at radius 2 is 1.85 bits per heavy atom. The standard InChI is InChI=1S/C20H17ClN2O3S/c1-13(22-18(24)16-9-5-6-10-17(16)21)20(25)26-11-15-12-27-19(23-15)14-7-3-2-4-8-14/h2-10,12-13H,11H2,1H3,(H,22,24)/t13-/m0/s1. The van der Waals surface area contributed by atoms with Crippen molar-refractivity contribution < 1.29 is 14.3 Å². The second kappa shape index (κ2) is 8.79. The van der Waals surface area contributed by atoms with Crippen LogP contribution in [0, 0.1) is 0 Å². The highest BCUT2D eigenvalue weighted by Crippen LogP contribution is 2.23. The predicted molar refractivity (Wildman–Crippen MR) is 106 cm³/mol. The van der Waals surface area contributed by atoms with E-state index in [9.17, 15) is 9.59 Å². The van der Waals surface area contributed by atoms with Gasteiger partial charge in [-0.1, -0.05) is 54.1 Å². The average Bonchev–Trinajstić information content (AvgIpc) is 3.16. The van der Waals surface area contributed by atoms with Crippen LogP contribution in [0.3, 0.4) is 0 Å². The van der Waals surface area contributed by atoms with Crippen LogP contribution in [0.15, 0.2) is 60.0 Å². The Morgan fingerprint density at radius 3 is 2.59 bits per heavy atom. The van der Waals surface area contributed by atoms with E-state index in [4.69, 9.17) is 16.3 Å². The highest BCUT2D eigenvalue weighted by atomic mass is 35.5. The minimum absolute atomic E-state index is 0.0501. The summed E-state index contributed by atoms with van der Waals surface area (Å²) in [5.74, 6) is -0.963. The summed E-state index contributed by atoms with van der Waals surface area (Å²) in [7, 11) is 0. The number of thiazole rings is 1. The zero-order valence-corrected chi connectivity index (χ0v) is 16.1. The summed E-state index contributed by atoms with van der Waals surface area (Å²) in [6.07, 6.45) is 0. The molecule has 27 heavy (non-hydrogen) atoms. The van der Waals surface area contributed by atoms with Crippen LogP contribution in [-0.2, 0) is 16.1 Å². The molecule has 2 aromatic carbocycles. The molecule has 1 amide bonds. The van der Waals surface area contributed by atoms with Crippen molar-refractivity contribution in [2.75, 3.05) is 0 Å². The Bertz CT molecular complexity index is 943. The normalized spacial score (nSPS) is 11.6. The summed E-state index contributed by atoms with van der Waals surface area (Å²) < 4.78 is 5.26. The van der Waals surface area contributed by atoms with E-state index in [0.29, 0.717) is 16.3 Å². The number of carbonyl (C=O) groups is 2. The predicted octanol–water partition coefficient (Wildman–Crippen LogP) is 4.33. The molecule has 0 saturated carbocycles. The number of amides is 1. The number of carbonyl (C=O) groups excluding carboxylic acids is 2. The zero-order chi connectivity index (χ0) is 19.2. The quantitative estimate of drug-likeness (QED) is 0.625. The summed E-state index contributed by atoms with van der Waals surface area (Å²) in [4.78, 5) is 28.8. The van der Waals surface area contributed by atoms with E-state index in [-0.39, 0.29) is 6.61 Å². The van der Waals surface area contributed by atoms with Gasteiger partial charge in [0.15, 0.2) is 0 Å². The van der Waals surface area contributed by atoms with Crippen LogP contribution in [0.1, 0.15) is 23.0 Å². The molecule has 0 aliphatic carbocycles. The molecule has 1 aromatic heterocycles. The third-order valence-electron chi connectivity index (χ3n) is 3.75. The lowest BCUT2D eigenvalue weighted by molar-refractivity contribution is -0.146. The van der Waals surface area contributed by atoms with Gasteiger partial charge in [0.05, 0.1) is 16.3 Å². The summed E-state index contributed by atoms with van der Waals surface area (Å²) >= 11 is 7.48. The van der Waals surface area contributed by atoms with Gasteiger partial charge in [-0.05, 0) is 19.1 Å². The number of nitrogens with one attached hydrogen (secondary N) is 1. The Labute approximate surface area is 166 Å². The molecular weight excluding hydrogens is 384 g/mol. The van der Waals surface area contributed by atoms with Gasteiger partial charge < -0.3 is 10.1 Å². The lowest BCUT2D eigenvalue weighted by atomic mass is 10.2. The molecule has 0 radical (unpaired) electrons. The first-order valence-electron chi connectivity index (χ1n) is 8.26. The van der Waals surface area contributed by atoms with Crippen molar-refractivity contribution in [3.05, 3.63) is 76.3 Å². The van der Waals surface area contributed by atoms with E-state index in [1.165, 1.54) is 11.3 Å². The van der Waals surface area contributed by atoms with Crippen molar-refractivity contribution in [3.63, 3.8) is 0 Å². The van der Waals surface area contributed by atoms with Gasteiger partial charge in [0.25, 0.3) is 5.91 Å². The first-order chi connectivity index (χ1) is 13.0. The molecule has 0 fully saturated rings. The van der Waals surface area contributed by atoms with Crippen LogP contribution in [-0.4, -0.2) is 22.9 Å². The Balaban J connectivity index is 1.54. The number of nitrogens with zero attached hydrogens (tertiary/aromatic N) is 1. The monoisotopic (exact) mass is 400 g/mol. The SMILES string of the molecule is C[C@H](NC(=O)c1ccccc1Cl)C(=O)OCc1csc(-c2ccccc2)n1. The fraction of sp³-hybridized carbons (Fsp3) is 0.150. The molecule has 138 valence electrons. The fourth-order valence-electron chi connectivity index (χ4n) is 2.34. The summed E-state index contributed by atoms with van der Waals surface area (Å²) in [6, 6.07) is 15.6. The van der Waals surface area contributed by atoms with Crippen molar-refractivity contribution >= 4 is 34.8 Å². The van der Waals surface area contributed by atoms with Crippen LogP contribution >= 0.6 is 22.9 Å². The molecule has 1 atom stereocenters. The molecule has 1 heterocycles. The molecule has 0 aliphatic rings. The van der Waals surface area contributed by atoms with Crippen LogP contribution < -0.4 is 5.32 Å². The number of benzene rings is 2. The molecular formula is C20H17ClN2O3S. The van der Waals surface area contributed by atoms with Gasteiger partial charge in [-0.25, -0.2) is 9.78 Å². The highest BCUT2D eigenvalue weighted by Gasteiger charge is 2.19. The smallest absolute Gasteiger partial charge is 0.328 e. The third-order valence-corrected chi connectivity index (χ3v) is 5.02. The second-order valence-corrected chi connectivity index (χ2v) is 7.06. The summed E-state index contributed by atoms with van der Waals surface area (Å²) in [5, 5.41) is 5.63. The van der Waals surface area contributed by atoms with Crippen LogP contribution in [0.4, 0.5) is 0 Å². The maximum atomic E-state index is 12.2. The molecule has 0 saturated heterocycles.